The Balaban J connectivity index is 2.09. The van der Waals surface area contributed by atoms with Crippen LogP contribution >= 0.6 is 0 Å². The van der Waals surface area contributed by atoms with Crippen LogP contribution in [-0.4, -0.2) is 31.1 Å². The normalized spacial score (nSPS) is 17.0. The van der Waals surface area contributed by atoms with Gasteiger partial charge >= 0.3 is 6.18 Å². The van der Waals surface area contributed by atoms with Crippen LogP contribution in [0.3, 0.4) is 0 Å². The van der Waals surface area contributed by atoms with Gasteiger partial charge in [-0.3, -0.25) is 4.90 Å². The minimum atomic E-state index is -4.50. The van der Waals surface area contributed by atoms with Gasteiger partial charge in [0.05, 0.1) is 5.56 Å². The first-order chi connectivity index (χ1) is 8.38. The fraction of sp³-hybridized carbons (Fsp3) is 0.500. The first-order valence-corrected chi connectivity index (χ1v) is 5.64. The van der Waals surface area contributed by atoms with Crippen LogP contribution in [-0.2, 0) is 12.7 Å². The van der Waals surface area contributed by atoms with Gasteiger partial charge in [0.2, 0.25) is 0 Å². The summed E-state index contributed by atoms with van der Waals surface area (Å²) in [6, 6.07) is 3.01. The SMILES string of the molecule is CN(Cc1ccc(C(F)(F)F)cc1F)C1CNC1. The third kappa shape index (κ3) is 2.81. The molecule has 1 aliphatic heterocycles. The Morgan fingerprint density at radius 3 is 2.44 bits per heavy atom. The molecule has 2 rings (SSSR count). The van der Waals surface area contributed by atoms with Crippen LogP contribution in [0, 0.1) is 5.82 Å². The quantitative estimate of drug-likeness (QED) is 0.840. The molecule has 0 bridgehead atoms. The number of hydrogen-bond acceptors (Lipinski definition) is 2. The largest absolute Gasteiger partial charge is 0.416 e. The molecule has 1 N–H and O–H groups in total. The number of alkyl halides is 3. The average molecular weight is 262 g/mol. The molecular formula is C12H14F4N2. The van der Waals surface area contributed by atoms with E-state index in [9.17, 15) is 17.6 Å². The summed E-state index contributed by atoms with van der Waals surface area (Å²) in [7, 11) is 1.84. The first kappa shape index (κ1) is 13.3. The van der Waals surface area contributed by atoms with Gasteiger partial charge in [0.15, 0.2) is 0 Å². The highest BCUT2D eigenvalue weighted by atomic mass is 19.4. The van der Waals surface area contributed by atoms with E-state index in [2.05, 4.69) is 5.32 Å². The van der Waals surface area contributed by atoms with E-state index < -0.39 is 17.6 Å². The van der Waals surface area contributed by atoms with E-state index in [-0.39, 0.29) is 5.56 Å². The second kappa shape index (κ2) is 4.85. The molecule has 0 saturated carbocycles. The van der Waals surface area contributed by atoms with Crippen LogP contribution in [0.2, 0.25) is 0 Å². The highest BCUT2D eigenvalue weighted by Crippen LogP contribution is 2.30. The molecule has 2 nitrogen and oxygen atoms in total. The van der Waals surface area contributed by atoms with E-state index in [1.165, 1.54) is 6.07 Å². The van der Waals surface area contributed by atoms with Crippen LogP contribution in [0.1, 0.15) is 11.1 Å². The molecule has 1 aliphatic rings. The summed E-state index contributed by atoms with van der Waals surface area (Å²) in [5, 5.41) is 3.09. The summed E-state index contributed by atoms with van der Waals surface area (Å²) in [6.45, 7) is 1.98. The molecule has 6 heteroatoms. The molecular weight excluding hydrogens is 248 g/mol. The monoisotopic (exact) mass is 262 g/mol. The van der Waals surface area contributed by atoms with Gasteiger partial charge in [-0.1, -0.05) is 6.07 Å². The molecule has 1 aromatic rings. The third-order valence-corrected chi connectivity index (χ3v) is 3.18. The topological polar surface area (TPSA) is 15.3 Å². The number of likely N-dealkylation sites (N-methyl/N-ethyl adjacent to an activating group) is 1. The molecule has 0 unspecified atom stereocenters. The van der Waals surface area contributed by atoms with Crippen molar-refractivity contribution >= 4 is 0 Å². The Morgan fingerprint density at radius 2 is 2.00 bits per heavy atom. The Kier molecular flexibility index (Phi) is 3.59. The molecule has 1 aromatic carbocycles. The van der Waals surface area contributed by atoms with E-state index in [0.29, 0.717) is 18.7 Å². The Hall–Kier alpha value is -1.14. The van der Waals surface area contributed by atoms with Gasteiger partial charge in [0, 0.05) is 31.2 Å². The van der Waals surface area contributed by atoms with Crippen LogP contribution in [0.15, 0.2) is 18.2 Å². The van der Waals surface area contributed by atoms with Crippen LogP contribution in [0.4, 0.5) is 17.6 Å². The Bertz CT molecular complexity index is 427. The number of nitrogens with one attached hydrogen (secondary N) is 1. The molecule has 0 atom stereocenters. The average Bonchev–Trinajstić information content (AvgIpc) is 2.16. The summed E-state index contributed by atoms with van der Waals surface area (Å²) >= 11 is 0. The Morgan fingerprint density at radius 1 is 1.33 bits per heavy atom. The first-order valence-electron chi connectivity index (χ1n) is 5.64. The predicted octanol–water partition coefficient (Wildman–Crippen LogP) is 2.25. The van der Waals surface area contributed by atoms with Crippen molar-refractivity contribution in [2.75, 3.05) is 20.1 Å². The van der Waals surface area contributed by atoms with Gasteiger partial charge in [0.25, 0.3) is 0 Å². The molecule has 0 aromatic heterocycles. The van der Waals surface area contributed by atoms with Gasteiger partial charge in [0.1, 0.15) is 5.82 Å². The lowest BCUT2D eigenvalue weighted by Gasteiger charge is -2.35. The summed E-state index contributed by atoms with van der Waals surface area (Å²) in [6.07, 6.45) is -4.50. The number of nitrogens with zero attached hydrogens (tertiary/aromatic N) is 1. The van der Waals surface area contributed by atoms with Crippen molar-refractivity contribution in [2.45, 2.75) is 18.8 Å². The highest BCUT2D eigenvalue weighted by molar-refractivity contribution is 5.26. The molecule has 0 radical (unpaired) electrons. The lowest BCUT2D eigenvalue weighted by atomic mass is 10.1. The smallest absolute Gasteiger partial charge is 0.314 e. The van der Waals surface area contributed by atoms with Crippen molar-refractivity contribution in [2.24, 2.45) is 0 Å². The molecule has 1 saturated heterocycles. The van der Waals surface area contributed by atoms with Crippen LogP contribution in [0.25, 0.3) is 0 Å². The van der Waals surface area contributed by atoms with E-state index in [1.54, 1.807) is 0 Å². The number of rotatable bonds is 3. The number of hydrogen-bond donors (Lipinski definition) is 1. The molecule has 1 heterocycles. The maximum atomic E-state index is 13.6. The second-order valence-corrected chi connectivity index (χ2v) is 4.53. The number of halogens is 4. The van der Waals surface area contributed by atoms with Gasteiger partial charge in [-0.15, -0.1) is 0 Å². The highest BCUT2D eigenvalue weighted by Gasteiger charge is 2.31. The van der Waals surface area contributed by atoms with Gasteiger partial charge < -0.3 is 5.32 Å². The van der Waals surface area contributed by atoms with E-state index in [0.717, 1.165) is 19.2 Å². The van der Waals surface area contributed by atoms with E-state index >= 15 is 0 Å². The molecule has 0 aliphatic carbocycles. The van der Waals surface area contributed by atoms with Crippen molar-refractivity contribution in [1.29, 1.82) is 0 Å². The summed E-state index contributed by atoms with van der Waals surface area (Å²) < 4.78 is 50.7. The van der Waals surface area contributed by atoms with Gasteiger partial charge in [-0.05, 0) is 19.2 Å². The zero-order valence-corrected chi connectivity index (χ0v) is 9.89. The molecule has 0 spiro atoms. The van der Waals surface area contributed by atoms with E-state index in [1.807, 2.05) is 11.9 Å². The fourth-order valence-corrected chi connectivity index (χ4v) is 1.83. The van der Waals surface area contributed by atoms with Crippen molar-refractivity contribution in [3.8, 4) is 0 Å². The summed E-state index contributed by atoms with van der Waals surface area (Å²) in [5.74, 6) is -0.802. The maximum absolute atomic E-state index is 13.6. The minimum Gasteiger partial charge on any atom is -0.314 e. The Labute approximate surface area is 103 Å². The molecule has 1 fully saturated rings. The van der Waals surface area contributed by atoms with Crippen LogP contribution in [0.5, 0.6) is 0 Å². The predicted molar refractivity (Wildman–Crippen MR) is 59.5 cm³/mol. The molecule has 0 amide bonds. The summed E-state index contributed by atoms with van der Waals surface area (Å²) in [5.41, 5.74) is -0.658. The zero-order chi connectivity index (χ0) is 13.3. The van der Waals surface area contributed by atoms with Gasteiger partial charge in [-0.2, -0.15) is 13.2 Å². The zero-order valence-electron chi connectivity index (χ0n) is 9.89. The molecule has 100 valence electrons. The molecule has 18 heavy (non-hydrogen) atoms. The van der Waals surface area contributed by atoms with Crippen molar-refractivity contribution in [1.82, 2.24) is 10.2 Å². The van der Waals surface area contributed by atoms with Crippen LogP contribution < -0.4 is 5.32 Å². The van der Waals surface area contributed by atoms with Crippen molar-refractivity contribution in [3.05, 3.63) is 35.1 Å². The lowest BCUT2D eigenvalue weighted by molar-refractivity contribution is -0.137. The fourth-order valence-electron chi connectivity index (χ4n) is 1.83. The van der Waals surface area contributed by atoms with Gasteiger partial charge in [-0.25, -0.2) is 4.39 Å². The standard InChI is InChI=1S/C12H14F4N2/c1-18(10-5-17-6-10)7-8-2-3-9(4-11(8)13)12(14,15)16/h2-4,10,17H,5-7H2,1H3. The van der Waals surface area contributed by atoms with E-state index in [4.69, 9.17) is 0 Å². The second-order valence-electron chi connectivity index (χ2n) is 4.53. The number of benzene rings is 1. The lowest BCUT2D eigenvalue weighted by Crippen LogP contribution is -2.55. The van der Waals surface area contributed by atoms with Crippen molar-refractivity contribution in [3.63, 3.8) is 0 Å². The summed E-state index contributed by atoms with van der Waals surface area (Å²) in [4.78, 5) is 1.93. The van der Waals surface area contributed by atoms with Crippen molar-refractivity contribution < 1.29 is 17.6 Å². The maximum Gasteiger partial charge on any atom is 0.416 e. The third-order valence-electron chi connectivity index (χ3n) is 3.18. The minimum absolute atomic E-state index is 0.289.